The Morgan fingerprint density at radius 1 is 1.05 bits per heavy atom. The number of halogens is 1. The van der Waals surface area contributed by atoms with Crippen molar-refractivity contribution < 1.29 is 12.6 Å². The van der Waals surface area contributed by atoms with E-state index in [9.17, 15) is 8.42 Å². The average molecular weight is 355 g/mol. The van der Waals surface area contributed by atoms with E-state index >= 15 is 0 Å². The standard InChI is InChI=1S/C15H15BrO3S/c1-11-3-6-14(7-4-11)20(17,18)19-10-13-5-8-15(16)12(2)9-13/h3-9H,10H2,1-2H3. The van der Waals surface area contributed by atoms with Gasteiger partial charge in [-0.05, 0) is 43.2 Å². The van der Waals surface area contributed by atoms with Crippen LogP contribution in [0.15, 0.2) is 51.8 Å². The van der Waals surface area contributed by atoms with Gasteiger partial charge in [0.15, 0.2) is 0 Å². The molecule has 0 aliphatic rings. The summed E-state index contributed by atoms with van der Waals surface area (Å²) in [4.78, 5) is 0.178. The number of benzene rings is 2. The molecule has 0 amide bonds. The number of aryl methyl sites for hydroxylation is 2. The monoisotopic (exact) mass is 354 g/mol. The first-order valence-corrected chi connectivity index (χ1v) is 8.30. The third-order valence-electron chi connectivity index (χ3n) is 2.91. The molecule has 0 saturated carbocycles. The molecule has 0 saturated heterocycles. The first-order valence-electron chi connectivity index (χ1n) is 6.09. The van der Waals surface area contributed by atoms with E-state index in [0.29, 0.717) is 0 Å². The smallest absolute Gasteiger partial charge is 0.262 e. The molecule has 0 N–H and O–H groups in total. The van der Waals surface area contributed by atoms with Crippen molar-refractivity contribution in [3.05, 3.63) is 63.6 Å². The van der Waals surface area contributed by atoms with E-state index in [4.69, 9.17) is 4.18 Å². The van der Waals surface area contributed by atoms with Crippen molar-refractivity contribution in [3.63, 3.8) is 0 Å². The minimum atomic E-state index is -3.71. The molecule has 0 atom stereocenters. The van der Waals surface area contributed by atoms with Gasteiger partial charge < -0.3 is 0 Å². The third kappa shape index (κ3) is 3.69. The molecule has 5 heteroatoms. The minimum absolute atomic E-state index is 0.0321. The van der Waals surface area contributed by atoms with E-state index in [1.165, 1.54) is 0 Å². The Kier molecular flexibility index (Phi) is 4.62. The van der Waals surface area contributed by atoms with Crippen molar-refractivity contribution >= 4 is 26.0 Å². The van der Waals surface area contributed by atoms with Gasteiger partial charge in [-0.2, -0.15) is 8.42 Å². The summed E-state index contributed by atoms with van der Waals surface area (Å²) < 4.78 is 30.2. The molecule has 0 bridgehead atoms. The predicted octanol–water partition coefficient (Wildman–Crippen LogP) is 3.97. The lowest BCUT2D eigenvalue weighted by Gasteiger charge is -2.07. The van der Waals surface area contributed by atoms with Gasteiger partial charge in [0.2, 0.25) is 0 Å². The highest BCUT2D eigenvalue weighted by Crippen LogP contribution is 2.19. The first-order chi connectivity index (χ1) is 9.38. The minimum Gasteiger partial charge on any atom is -0.262 e. The van der Waals surface area contributed by atoms with Crippen LogP contribution in [0.4, 0.5) is 0 Å². The summed E-state index contributed by atoms with van der Waals surface area (Å²) in [5.74, 6) is 0. The number of hydrogen-bond acceptors (Lipinski definition) is 3. The molecule has 3 nitrogen and oxygen atoms in total. The SMILES string of the molecule is Cc1ccc(S(=O)(=O)OCc2ccc(Br)c(C)c2)cc1. The van der Waals surface area contributed by atoms with Gasteiger partial charge in [0, 0.05) is 4.47 Å². The Morgan fingerprint density at radius 2 is 1.70 bits per heavy atom. The Bertz CT molecular complexity index is 706. The van der Waals surface area contributed by atoms with Gasteiger partial charge in [-0.3, -0.25) is 4.18 Å². The second-order valence-corrected chi connectivity index (χ2v) is 7.08. The van der Waals surface area contributed by atoms with Crippen LogP contribution in [0.3, 0.4) is 0 Å². The van der Waals surface area contributed by atoms with Crippen LogP contribution in [-0.4, -0.2) is 8.42 Å². The Hall–Kier alpha value is -1.17. The number of hydrogen-bond donors (Lipinski definition) is 0. The molecular weight excluding hydrogens is 340 g/mol. The molecule has 0 spiro atoms. The van der Waals surface area contributed by atoms with E-state index in [0.717, 1.165) is 21.2 Å². The van der Waals surface area contributed by atoms with Crippen molar-refractivity contribution in [1.82, 2.24) is 0 Å². The molecule has 0 unspecified atom stereocenters. The van der Waals surface area contributed by atoms with Gasteiger partial charge in [0.05, 0.1) is 11.5 Å². The molecule has 0 aliphatic heterocycles. The second kappa shape index (κ2) is 6.08. The van der Waals surface area contributed by atoms with Crippen molar-refractivity contribution in [2.45, 2.75) is 25.3 Å². The molecule has 0 fully saturated rings. The van der Waals surface area contributed by atoms with Crippen LogP contribution in [0.1, 0.15) is 16.7 Å². The molecule has 2 rings (SSSR count). The van der Waals surface area contributed by atoms with E-state index < -0.39 is 10.1 Å². The molecule has 20 heavy (non-hydrogen) atoms. The van der Waals surface area contributed by atoms with E-state index in [1.54, 1.807) is 24.3 Å². The van der Waals surface area contributed by atoms with Crippen LogP contribution < -0.4 is 0 Å². The molecule has 2 aromatic carbocycles. The molecular formula is C15H15BrO3S. The second-order valence-electron chi connectivity index (χ2n) is 4.61. The zero-order valence-electron chi connectivity index (χ0n) is 11.3. The van der Waals surface area contributed by atoms with Crippen molar-refractivity contribution in [2.24, 2.45) is 0 Å². The fraction of sp³-hybridized carbons (Fsp3) is 0.200. The molecule has 0 aliphatic carbocycles. The first kappa shape index (κ1) is 15.2. The van der Waals surface area contributed by atoms with Gasteiger partial charge in [-0.1, -0.05) is 45.8 Å². The zero-order chi connectivity index (χ0) is 14.8. The highest BCUT2D eigenvalue weighted by Gasteiger charge is 2.15. The summed E-state index contributed by atoms with van der Waals surface area (Å²) in [6.07, 6.45) is 0. The van der Waals surface area contributed by atoms with Crippen LogP contribution in [0.2, 0.25) is 0 Å². The summed E-state index contributed by atoms with van der Waals surface area (Å²) in [5.41, 5.74) is 2.87. The Balaban J connectivity index is 2.13. The van der Waals surface area contributed by atoms with Crippen LogP contribution >= 0.6 is 15.9 Å². The summed E-state index contributed by atoms with van der Waals surface area (Å²) in [5, 5.41) is 0. The molecule has 0 heterocycles. The van der Waals surface area contributed by atoms with Gasteiger partial charge >= 0.3 is 0 Å². The molecule has 0 aromatic heterocycles. The molecule has 2 aromatic rings. The van der Waals surface area contributed by atoms with Crippen LogP contribution in [0, 0.1) is 13.8 Å². The highest BCUT2D eigenvalue weighted by molar-refractivity contribution is 9.10. The van der Waals surface area contributed by atoms with Crippen molar-refractivity contribution in [2.75, 3.05) is 0 Å². The van der Waals surface area contributed by atoms with Crippen molar-refractivity contribution in [1.29, 1.82) is 0 Å². The maximum atomic E-state index is 12.0. The zero-order valence-corrected chi connectivity index (χ0v) is 13.7. The highest BCUT2D eigenvalue weighted by atomic mass is 79.9. The predicted molar refractivity (Wildman–Crippen MR) is 82.0 cm³/mol. The lowest BCUT2D eigenvalue weighted by Crippen LogP contribution is -2.06. The number of rotatable bonds is 4. The summed E-state index contributed by atoms with van der Waals surface area (Å²) >= 11 is 3.40. The fourth-order valence-corrected chi connectivity index (χ4v) is 2.86. The maximum absolute atomic E-state index is 12.0. The Morgan fingerprint density at radius 3 is 2.30 bits per heavy atom. The van der Waals surface area contributed by atoms with Gasteiger partial charge in [0.25, 0.3) is 10.1 Å². The Labute approximate surface area is 127 Å². The summed E-state index contributed by atoms with van der Waals surface area (Å²) in [6.45, 7) is 3.88. The van der Waals surface area contributed by atoms with Crippen LogP contribution in [-0.2, 0) is 20.9 Å². The quantitative estimate of drug-likeness (QED) is 0.780. The molecule has 106 valence electrons. The van der Waals surface area contributed by atoms with Crippen LogP contribution in [0.25, 0.3) is 0 Å². The van der Waals surface area contributed by atoms with E-state index in [2.05, 4.69) is 15.9 Å². The van der Waals surface area contributed by atoms with Crippen molar-refractivity contribution in [3.8, 4) is 0 Å². The van der Waals surface area contributed by atoms with Gasteiger partial charge in [-0.25, -0.2) is 0 Å². The van der Waals surface area contributed by atoms with Crippen LogP contribution in [0.5, 0.6) is 0 Å². The summed E-state index contributed by atoms with van der Waals surface area (Å²) in [7, 11) is -3.71. The normalized spacial score (nSPS) is 11.6. The third-order valence-corrected chi connectivity index (χ3v) is 5.08. The largest absolute Gasteiger partial charge is 0.297 e. The lowest BCUT2D eigenvalue weighted by atomic mass is 10.1. The maximum Gasteiger partial charge on any atom is 0.297 e. The van der Waals surface area contributed by atoms with Gasteiger partial charge in [-0.15, -0.1) is 0 Å². The average Bonchev–Trinajstić information content (AvgIpc) is 2.41. The van der Waals surface area contributed by atoms with Gasteiger partial charge in [0.1, 0.15) is 0 Å². The topological polar surface area (TPSA) is 43.4 Å². The fourth-order valence-electron chi connectivity index (χ4n) is 1.72. The summed E-state index contributed by atoms with van der Waals surface area (Å²) in [6, 6.07) is 12.2. The lowest BCUT2D eigenvalue weighted by molar-refractivity contribution is 0.308. The molecule has 0 radical (unpaired) electrons. The van der Waals surface area contributed by atoms with E-state index in [-0.39, 0.29) is 11.5 Å². The van der Waals surface area contributed by atoms with E-state index in [1.807, 2.05) is 32.0 Å².